The summed E-state index contributed by atoms with van der Waals surface area (Å²) in [5.41, 5.74) is 0.576. The Bertz CT molecular complexity index is 320. The second-order valence-corrected chi connectivity index (χ2v) is 4.35. The van der Waals surface area contributed by atoms with E-state index >= 15 is 0 Å². The van der Waals surface area contributed by atoms with E-state index in [1.807, 2.05) is 4.90 Å². The highest BCUT2D eigenvalue weighted by atomic mass is 35.5. The highest BCUT2D eigenvalue weighted by molar-refractivity contribution is 7.99. The zero-order valence-corrected chi connectivity index (χ0v) is 8.49. The summed E-state index contributed by atoms with van der Waals surface area (Å²) in [5, 5.41) is 0.579. The van der Waals surface area contributed by atoms with Crippen LogP contribution in [0.2, 0.25) is 5.02 Å². The molecule has 5 heteroatoms. The monoisotopic (exact) mass is 216 g/mol. The van der Waals surface area contributed by atoms with Gasteiger partial charge in [0.15, 0.2) is 0 Å². The molecule has 1 aromatic heterocycles. The summed E-state index contributed by atoms with van der Waals surface area (Å²) in [5.74, 6) is 1.85. The Balaban J connectivity index is 2.12. The first-order valence-corrected chi connectivity index (χ1v) is 5.51. The Morgan fingerprint density at radius 3 is 3.08 bits per heavy atom. The van der Waals surface area contributed by atoms with Crippen LogP contribution in [0.5, 0.6) is 0 Å². The number of carbonyl (C=O) groups excluding carboxylic acids is 1. The van der Waals surface area contributed by atoms with Gasteiger partial charge in [-0.25, -0.2) is 0 Å². The molecule has 1 N–H and O–H groups in total. The van der Waals surface area contributed by atoms with Gasteiger partial charge in [0.2, 0.25) is 0 Å². The van der Waals surface area contributed by atoms with Gasteiger partial charge in [-0.15, -0.1) is 11.8 Å². The predicted molar refractivity (Wildman–Crippen MR) is 54.2 cm³/mol. The largest absolute Gasteiger partial charge is 0.356 e. The van der Waals surface area contributed by atoms with Crippen molar-refractivity contribution < 1.29 is 4.79 Å². The second-order valence-electron chi connectivity index (χ2n) is 2.84. The summed E-state index contributed by atoms with van der Waals surface area (Å²) >= 11 is 7.47. The van der Waals surface area contributed by atoms with E-state index < -0.39 is 0 Å². The molecule has 3 nitrogen and oxygen atoms in total. The number of aromatic amines is 1. The molecule has 0 aromatic carbocycles. The number of hydrogen-bond acceptors (Lipinski definition) is 2. The van der Waals surface area contributed by atoms with Crippen molar-refractivity contribution in [1.29, 1.82) is 0 Å². The Labute approximate surface area is 85.4 Å². The molecule has 0 saturated carbocycles. The van der Waals surface area contributed by atoms with E-state index in [9.17, 15) is 4.79 Å². The van der Waals surface area contributed by atoms with Crippen molar-refractivity contribution in [2.75, 3.05) is 18.2 Å². The van der Waals surface area contributed by atoms with Crippen LogP contribution in [-0.4, -0.2) is 34.0 Å². The van der Waals surface area contributed by atoms with Gasteiger partial charge in [-0.3, -0.25) is 4.79 Å². The van der Waals surface area contributed by atoms with Crippen LogP contribution >= 0.6 is 23.4 Å². The summed E-state index contributed by atoms with van der Waals surface area (Å²) in [6.45, 7) is 0.833. The zero-order valence-electron chi connectivity index (χ0n) is 6.92. The van der Waals surface area contributed by atoms with Crippen LogP contribution in [0.3, 0.4) is 0 Å². The summed E-state index contributed by atoms with van der Waals surface area (Å²) in [6.07, 6.45) is 1.62. The van der Waals surface area contributed by atoms with Crippen LogP contribution in [0.25, 0.3) is 0 Å². The smallest absolute Gasteiger partial charge is 0.271 e. The number of amides is 1. The number of halogens is 1. The van der Waals surface area contributed by atoms with Crippen LogP contribution in [0, 0.1) is 0 Å². The SMILES string of the molecule is O=C(c1cc(Cl)c[nH]1)N1CCSC1. The van der Waals surface area contributed by atoms with E-state index in [2.05, 4.69) is 4.98 Å². The van der Waals surface area contributed by atoms with E-state index in [-0.39, 0.29) is 5.91 Å². The first-order chi connectivity index (χ1) is 6.27. The average Bonchev–Trinajstić information content (AvgIpc) is 2.72. The number of nitrogens with zero attached hydrogens (tertiary/aromatic N) is 1. The standard InChI is InChI=1S/C8H9ClN2OS/c9-6-3-7(10-4-6)8(12)11-1-2-13-5-11/h3-4,10H,1-2,5H2. The number of rotatable bonds is 1. The molecule has 1 saturated heterocycles. The lowest BCUT2D eigenvalue weighted by Gasteiger charge is -2.12. The summed E-state index contributed by atoms with van der Waals surface area (Å²) in [6, 6.07) is 1.66. The molecule has 2 heterocycles. The Morgan fingerprint density at radius 2 is 2.54 bits per heavy atom. The van der Waals surface area contributed by atoms with Gasteiger partial charge in [-0.05, 0) is 6.07 Å². The maximum absolute atomic E-state index is 11.7. The minimum absolute atomic E-state index is 0.0388. The Kier molecular flexibility index (Phi) is 2.51. The van der Waals surface area contributed by atoms with Crippen molar-refractivity contribution >= 4 is 29.3 Å². The van der Waals surface area contributed by atoms with Gasteiger partial charge in [0.05, 0.1) is 10.9 Å². The fourth-order valence-corrected chi connectivity index (χ4v) is 2.34. The number of thioether (sulfide) groups is 1. The molecule has 2 rings (SSSR count). The van der Waals surface area contributed by atoms with Crippen molar-refractivity contribution in [3.05, 3.63) is 23.0 Å². The van der Waals surface area contributed by atoms with Gasteiger partial charge in [0, 0.05) is 18.5 Å². The third-order valence-corrected chi connectivity index (χ3v) is 3.10. The van der Waals surface area contributed by atoms with Crippen LogP contribution in [0.15, 0.2) is 12.3 Å². The predicted octanol–water partition coefficient (Wildman–Crippen LogP) is 1.81. The van der Waals surface area contributed by atoms with E-state index in [0.29, 0.717) is 10.7 Å². The molecule has 0 atom stereocenters. The zero-order chi connectivity index (χ0) is 9.26. The normalized spacial score (nSPS) is 16.5. The van der Waals surface area contributed by atoms with Gasteiger partial charge in [0.25, 0.3) is 5.91 Å². The number of hydrogen-bond donors (Lipinski definition) is 1. The Hall–Kier alpha value is -0.610. The van der Waals surface area contributed by atoms with E-state index in [1.165, 1.54) is 0 Å². The molecule has 1 amide bonds. The van der Waals surface area contributed by atoms with Gasteiger partial charge < -0.3 is 9.88 Å². The summed E-state index contributed by atoms with van der Waals surface area (Å²) in [7, 11) is 0. The molecule has 1 aromatic rings. The second kappa shape index (κ2) is 3.64. The lowest BCUT2D eigenvalue weighted by molar-refractivity contribution is 0.0797. The molecule has 0 aliphatic carbocycles. The number of carbonyl (C=O) groups is 1. The average molecular weight is 217 g/mol. The molecular weight excluding hydrogens is 208 g/mol. The molecule has 0 unspecified atom stereocenters. The number of H-pyrrole nitrogens is 1. The molecule has 1 aliphatic heterocycles. The first-order valence-electron chi connectivity index (χ1n) is 3.98. The van der Waals surface area contributed by atoms with E-state index in [0.717, 1.165) is 18.2 Å². The minimum atomic E-state index is 0.0388. The quantitative estimate of drug-likeness (QED) is 0.778. The minimum Gasteiger partial charge on any atom is -0.356 e. The van der Waals surface area contributed by atoms with E-state index in [1.54, 1.807) is 24.0 Å². The van der Waals surface area contributed by atoms with Crippen LogP contribution < -0.4 is 0 Å². The molecule has 0 spiro atoms. The van der Waals surface area contributed by atoms with Gasteiger partial charge in [-0.2, -0.15) is 0 Å². The molecule has 70 valence electrons. The van der Waals surface area contributed by atoms with Crippen LogP contribution in [0.4, 0.5) is 0 Å². The van der Waals surface area contributed by atoms with Crippen molar-refractivity contribution in [2.45, 2.75) is 0 Å². The topological polar surface area (TPSA) is 36.1 Å². The highest BCUT2D eigenvalue weighted by Crippen LogP contribution is 2.17. The molecule has 1 aliphatic rings. The van der Waals surface area contributed by atoms with Crippen molar-refractivity contribution in [1.82, 2.24) is 9.88 Å². The molecule has 0 radical (unpaired) electrons. The number of nitrogens with one attached hydrogen (secondary N) is 1. The van der Waals surface area contributed by atoms with Crippen molar-refractivity contribution in [3.63, 3.8) is 0 Å². The fraction of sp³-hybridized carbons (Fsp3) is 0.375. The maximum atomic E-state index is 11.7. The van der Waals surface area contributed by atoms with E-state index in [4.69, 9.17) is 11.6 Å². The van der Waals surface area contributed by atoms with Gasteiger partial charge in [0.1, 0.15) is 5.69 Å². The summed E-state index contributed by atoms with van der Waals surface area (Å²) in [4.78, 5) is 16.3. The molecule has 13 heavy (non-hydrogen) atoms. The van der Waals surface area contributed by atoms with Crippen molar-refractivity contribution in [2.24, 2.45) is 0 Å². The number of aromatic nitrogens is 1. The van der Waals surface area contributed by atoms with Crippen molar-refractivity contribution in [3.8, 4) is 0 Å². The van der Waals surface area contributed by atoms with Crippen LogP contribution in [-0.2, 0) is 0 Å². The maximum Gasteiger partial charge on any atom is 0.271 e. The summed E-state index contributed by atoms with van der Waals surface area (Å²) < 4.78 is 0. The fourth-order valence-electron chi connectivity index (χ4n) is 1.24. The molecular formula is C8H9ClN2OS. The van der Waals surface area contributed by atoms with Gasteiger partial charge >= 0.3 is 0 Å². The third kappa shape index (κ3) is 1.84. The first kappa shape index (κ1) is 8.97. The third-order valence-electron chi connectivity index (χ3n) is 1.92. The van der Waals surface area contributed by atoms with Crippen LogP contribution in [0.1, 0.15) is 10.5 Å². The molecule has 0 bridgehead atoms. The lowest BCUT2D eigenvalue weighted by Crippen LogP contribution is -2.27. The van der Waals surface area contributed by atoms with Gasteiger partial charge in [-0.1, -0.05) is 11.6 Å². The Morgan fingerprint density at radius 1 is 1.69 bits per heavy atom. The molecule has 1 fully saturated rings. The lowest BCUT2D eigenvalue weighted by atomic mass is 10.4. The highest BCUT2D eigenvalue weighted by Gasteiger charge is 2.20.